The van der Waals surface area contributed by atoms with Gasteiger partial charge in [0.1, 0.15) is 17.6 Å². The number of benzene rings is 1. The first-order valence-corrected chi connectivity index (χ1v) is 6.36. The van der Waals surface area contributed by atoms with Crippen LogP contribution in [0, 0.1) is 18.3 Å². The Morgan fingerprint density at radius 2 is 2.20 bits per heavy atom. The molecular weight excluding hydrogens is 252 g/mol. The number of aryl methyl sites for hydroxylation is 1. The Kier molecular flexibility index (Phi) is 4.16. The van der Waals surface area contributed by atoms with Gasteiger partial charge in [-0.1, -0.05) is 29.8 Å². The van der Waals surface area contributed by atoms with E-state index in [1.165, 1.54) is 11.1 Å². The van der Waals surface area contributed by atoms with Crippen molar-refractivity contribution in [3.63, 3.8) is 0 Å². The Hall–Kier alpha value is -2.61. The lowest BCUT2D eigenvalue weighted by Gasteiger charge is -2.17. The quantitative estimate of drug-likeness (QED) is 0.914. The van der Waals surface area contributed by atoms with Gasteiger partial charge in [-0.05, 0) is 18.9 Å². The Balaban J connectivity index is 2.09. The fourth-order valence-corrected chi connectivity index (χ4v) is 1.98. The van der Waals surface area contributed by atoms with Gasteiger partial charge in [0.05, 0.1) is 0 Å². The SMILES string of the molecule is Cc1cccc(CCN(C)c2cc(C#N)[nH]c(=O)n2)c1. The summed E-state index contributed by atoms with van der Waals surface area (Å²) in [5.74, 6) is 0.512. The summed E-state index contributed by atoms with van der Waals surface area (Å²) >= 11 is 0. The first kappa shape index (κ1) is 13.8. The number of anilines is 1. The Bertz CT molecular complexity index is 700. The van der Waals surface area contributed by atoms with E-state index < -0.39 is 5.69 Å². The van der Waals surface area contributed by atoms with Gasteiger partial charge in [0.2, 0.25) is 0 Å². The minimum absolute atomic E-state index is 0.224. The molecule has 1 aromatic heterocycles. The molecule has 0 bridgehead atoms. The van der Waals surface area contributed by atoms with Crippen molar-refractivity contribution in [1.82, 2.24) is 9.97 Å². The minimum Gasteiger partial charge on any atom is -0.359 e. The van der Waals surface area contributed by atoms with E-state index in [1.807, 2.05) is 24.1 Å². The molecule has 1 aromatic carbocycles. The smallest absolute Gasteiger partial charge is 0.347 e. The first-order valence-electron chi connectivity index (χ1n) is 6.36. The Labute approximate surface area is 117 Å². The Morgan fingerprint density at radius 1 is 1.40 bits per heavy atom. The largest absolute Gasteiger partial charge is 0.359 e. The number of rotatable bonds is 4. The second kappa shape index (κ2) is 6.02. The van der Waals surface area contributed by atoms with E-state index >= 15 is 0 Å². The standard InChI is InChI=1S/C15H16N4O/c1-11-4-3-5-12(8-11)6-7-19(2)14-9-13(10-16)17-15(20)18-14/h3-5,8-9H,6-7H2,1-2H3,(H,17,18,20). The molecule has 0 unspecified atom stereocenters. The lowest BCUT2D eigenvalue weighted by Crippen LogP contribution is -2.25. The number of hydrogen-bond acceptors (Lipinski definition) is 4. The highest BCUT2D eigenvalue weighted by atomic mass is 16.1. The molecule has 0 aliphatic rings. The molecule has 1 heterocycles. The summed E-state index contributed by atoms with van der Waals surface area (Å²) in [7, 11) is 1.86. The maximum absolute atomic E-state index is 11.3. The molecule has 0 saturated carbocycles. The molecular formula is C15H16N4O. The molecule has 0 radical (unpaired) electrons. The number of aromatic amines is 1. The summed E-state index contributed by atoms with van der Waals surface area (Å²) in [4.78, 5) is 19.5. The molecule has 20 heavy (non-hydrogen) atoms. The third-order valence-corrected chi connectivity index (χ3v) is 3.06. The van der Waals surface area contributed by atoms with Crippen LogP contribution in [0.15, 0.2) is 35.1 Å². The normalized spacial score (nSPS) is 10.1. The minimum atomic E-state index is -0.499. The molecule has 1 N–H and O–H groups in total. The van der Waals surface area contributed by atoms with Crippen LogP contribution in [0.2, 0.25) is 0 Å². The zero-order chi connectivity index (χ0) is 14.5. The third-order valence-electron chi connectivity index (χ3n) is 3.06. The van der Waals surface area contributed by atoms with Gasteiger partial charge >= 0.3 is 5.69 Å². The van der Waals surface area contributed by atoms with E-state index in [2.05, 4.69) is 35.1 Å². The van der Waals surface area contributed by atoms with Crippen LogP contribution in [-0.2, 0) is 6.42 Å². The number of nitrogens with one attached hydrogen (secondary N) is 1. The van der Waals surface area contributed by atoms with Crippen LogP contribution in [-0.4, -0.2) is 23.6 Å². The van der Waals surface area contributed by atoms with Crippen molar-refractivity contribution >= 4 is 5.82 Å². The molecule has 5 heteroatoms. The van der Waals surface area contributed by atoms with Crippen LogP contribution in [0.1, 0.15) is 16.8 Å². The molecule has 0 aliphatic heterocycles. The lowest BCUT2D eigenvalue weighted by molar-refractivity contribution is 0.847. The average Bonchev–Trinajstić information content (AvgIpc) is 2.44. The molecule has 0 fully saturated rings. The zero-order valence-corrected chi connectivity index (χ0v) is 11.6. The van der Waals surface area contributed by atoms with Crippen molar-refractivity contribution in [2.45, 2.75) is 13.3 Å². The number of nitrogens with zero attached hydrogens (tertiary/aromatic N) is 3. The fraction of sp³-hybridized carbons (Fsp3) is 0.267. The van der Waals surface area contributed by atoms with Crippen molar-refractivity contribution < 1.29 is 0 Å². The van der Waals surface area contributed by atoms with Gasteiger partial charge in [-0.3, -0.25) is 4.98 Å². The van der Waals surface area contributed by atoms with E-state index in [4.69, 9.17) is 5.26 Å². The topological polar surface area (TPSA) is 72.8 Å². The van der Waals surface area contributed by atoms with Crippen LogP contribution < -0.4 is 10.6 Å². The van der Waals surface area contributed by atoms with Gasteiger partial charge in [-0.25, -0.2) is 4.79 Å². The van der Waals surface area contributed by atoms with Crippen molar-refractivity contribution in [2.75, 3.05) is 18.5 Å². The maximum Gasteiger partial charge on any atom is 0.347 e. The first-order chi connectivity index (χ1) is 9.58. The summed E-state index contributed by atoms with van der Waals surface area (Å²) in [6.07, 6.45) is 0.856. The predicted octanol–water partition coefficient (Wildman–Crippen LogP) is 1.63. The van der Waals surface area contributed by atoms with E-state index in [9.17, 15) is 4.79 Å². The van der Waals surface area contributed by atoms with Gasteiger partial charge in [0, 0.05) is 19.7 Å². The summed E-state index contributed by atoms with van der Waals surface area (Å²) in [5.41, 5.74) is 2.19. The molecule has 2 rings (SSSR count). The van der Waals surface area contributed by atoms with E-state index in [0.717, 1.165) is 13.0 Å². The van der Waals surface area contributed by atoms with Crippen LogP contribution in [0.5, 0.6) is 0 Å². The summed E-state index contributed by atoms with van der Waals surface area (Å²) in [6.45, 7) is 2.79. The van der Waals surface area contributed by atoms with Gasteiger partial charge in [0.25, 0.3) is 0 Å². The van der Waals surface area contributed by atoms with Gasteiger partial charge in [-0.15, -0.1) is 0 Å². The van der Waals surface area contributed by atoms with Gasteiger partial charge in [-0.2, -0.15) is 10.2 Å². The molecule has 0 spiro atoms. The van der Waals surface area contributed by atoms with Crippen molar-refractivity contribution in [2.24, 2.45) is 0 Å². The molecule has 102 valence electrons. The number of aromatic nitrogens is 2. The molecule has 0 saturated heterocycles. The summed E-state index contributed by atoms with van der Waals surface area (Å²) in [5, 5.41) is 8.84. The van der Waals surface area contributed by atoms with Crippen LogP contribution in [0.4, 0.5) is 5.82 Å². The molecule has 0 aliphatic carbocycles. The van der Waals surface area contributed by atoms with E-state index in [1.54, 1.807) is 6.07 Å². The average molecular weight is 268 g/mol. The van der Waals surface area contributed by atoms with Crippen molar-refractivity contribution in [3.05, 3.63) is 57.6 Å². The Morgan fingerprint density at radius 3 is 2.90 bits per heavy atom. The van der Waals surface area contributed by atoms with Crippen LogP contribution in [0.25, 0.3) is 0 Å². The van der Waals surface area contributed by atoms with Crippen LogP contribution in [0.3, 0.4) is 0 Å². The highest BCUT2D eigenvalue weighted by molar-refractivity contribution is 5.41. The molecule has 0 atom stereocenters. The van der Waals surface area contributed by atoms with Crippen LogP contribution >= 0.6 is 0 Å². The monoisotopic (exact) mass is 268 g/mol. The molecule has 5 nitrogen and oxygen atoms in total. The highest BCUT2D eigenvalue weighted by Crippen LogP contribution is 2.10. The number of nitriles is 1. The maximum atomic E-state index is 11.3. The van der Waals surface area contributed by atoms with Crippen molar-refractivity contribution in [3.8, 4) is 6.07 Å². The van der Waals surface area contributed by atoms with E-state index in [0.29, 0.717) is 5.82 Å². The number of hydrogen-bond donors (Lipinski definition) is 1. The lowest BCUT2D eigenvalue weighted by atomic mass is 10.1. The summed E-state index contributed by atoms with van der Waals surface area (Å²) < 4.78 is 0. The highest BCUT2D eigenvalue weighted by Gasteiger charge is 2.06. The second-order valence-corrected chi connectivity index (χ2v) is 4.73. The molecule has 2 aromatic rings. The third kappa shape index (κ3) is 3.45. The number of likely N-dealkylation sites (N-methyl/N-ethyl adjacent to an activating group) is 1. The number of H-pyrrole nitrogens is 1. The van der Waals surface area contributed by atoms with Crippen molar-refractivity contribution in [1.29, 1.82) is 5.26 Å². The summed E-state index contributed by atoms with van der Waals surface area (Å²) in [6, 6.07) is 11.8. The van der Waals surface area contributed by atoms with Gasteiger partial charge < -0.3 is 4.90 Å². The van der Waals surface area contributed by atoms with E-state index in [-0.39, 0.29) is 5.69 Å². The molecule has 0 amide bonds. The van der Waals surface area contributed by atoms with Gasteiger partial charge in [0.15, 0.2) is 0 Å². The second-order valence-electron chi connectivity index (χ2n) is 4.73. The zero-order valence-electron chi connectivity index (χ0n) is 11.6. The predicted molar refractivity (Wildman–Crippen MR) is 77.7 cm³/mol. The fourth-order valence-electron chi connectivity index (χ4n) is 1.98.